The van der Waals surface area contributed by atoms with E-state index in [0.29, 0.717) is 17.8 Å². The summed E-state index contributed by atoms with van der Waals surface area (Å²) in [5, 5.41) is 5.59. The van der Waals surface area contributed by atoms with Crippen molar-refractivity contribution < 1.29 is 28.6 Å². The fourth-order valence-corrected chi connectivity index (χ4v) is 3.19. The van der Waals surface area contributed by atoms with Gasteiger partial charge < -0.3 is 38.9 Å². The van der Waals surface area contributed by atoms with E-state index in [9.17, 15) is 14.4 Å². The Morgan fingerprint density at radius 2 is 1.52 bits per heavy atom. The molecular formula is C22H33N5O6. The van der Waals surface area contributed by atoms with Crippen molar-refractivity contribution in [2.24, 2.45) is 0 Å². The first-order chi connectivity index (χ1) is 15.8. The summed E-state index contributed by atoms with van der Waals surface area (Å²) >= 11 is 0. The van der Waals surface area contributed by atoms with E-state index in [1.165, 1.54) is 20.3 Å². The minimum atomic E-state index is -0.517. The molecule has 0 saturated carbocycles. The highest BCUT2D eigenvalue weighted by Crippen LogP contribution is 2.20. The zero-order valence-corrected chi connectivity index (χ0v) is 19.8. The minimum absolute atomic E-state index is 0.119. The molecule has 0 fully saturated rings. The van der Waals surface area contributed by atoms with Crippen LogP contribution in [0.25, 0.3) is 0 Å². The van der Waals surface area contributed by atoms with E-state index in [0.717, 1.165) is 13.0 Å². The van der Waals surface area contributed by atoms with Crippen molar-refractivity contribution in [3.05, 3.63) is 35.9 Å². The monoisotopic (exact) mass is 463 g/mol. The van der Waals surface area contributed by atoms with Gasteiger partial charge in [-0.15, -0.1) is 0 Å². The fraction of sp³-hybridized carbons (Fsp3) is 0.500. The molecule has 2 heterocycles. The number of aromatic nitrogens is 2. The lowest BCUT2D eigenvalue weighted by Gasteiger charge is -2.08. The van der Waals surface area contributed by atoms with Crippen LogP contribution in [0.5, 0.6) is 0 Å². The molecule has 0 unspecified atom stereocenters. The molecule has 0 spiro atoms. The summed E-state index contributed by atoms with van der Waals surface area (Å²) in [6.45, 7) is 2.99. The van der Waals surface area contributed by atoms with Gasteiger partial charge in [-0.05, 0) is 46.1 Å². The second kappa shape index (κ2) is 12.8. The number of rotatable bonds is 13. The number of nitrogens with one attached hydrogen (secondary N) is 2. The first-order valence-electron chi connectivity index (χ1n) is 10.6. The van der Waals surface area contributed by atoms with Crippen LogP contribution in [0.3, 0.4) is 0 Å². The third kappa shape index (κ3) is 7.74. The van der Waals surface area contributed by atoms with Gasteiger partial charge in [0, 0.05) is 33.0 Å². The molecule has 11 heteroatoms. The maximum atomic E-state index is 13.0. The van der Waals surface area contributed by atoms with Gasteiger partial charge in [0.05, 0.1) is 18.0 Å². The lowest BCUT2D eigenvalue weighted by atomic mass is 10.3. The van der Waals surface area contributed by atoms with Crippen molar-refractivity contribution in [3.63, 3.8) is 0 Å². The van der Waals surface area contributed by atoms with Crippen molar-refractivity contribution in [2.75, 3.05) is 52.1 Å². The van der Waals surface area contributed by atoms with Gasteiger partial charge in [0.2, 0.25) is 5.91 Å². The molecule has 2 aromatic rings. The molecule has 0 aliphatic heterocycles. The summed E-state index contributed by atoms with van der Waals surface area (Å²) in [5.74, 6) is -1.07. The van der Waals surface area contributed by atoms with Crippen molar-refractivity contribution in [1.82, 2.24) is 14.0 Å². The summed E-state index contributed by atoms with van der Waals surface area (Å²) in [7, 11) is 6.92. The third-order valence-electron chi connectivity index (χ3n) is 4.60. The Morgan fingerprint density at radius 1 is 0.939 bits per heavy atom. The highest BCUT2D eigenvalue weighted by Gasteiger charge is 2.19. The van der Waals surface area contributed by atoms with Crippen molar-refractivity contribution >= 4 is 29.2 Å². The largest absolute Gasteiger partial charge is 0.461 e. The number of hydrogen-bond donors (Lipinski definition) is 2. The van der Waals surface area contributed by atoms with E-state index in [1.54, 1.807) is 34.5 Å². The van der Waals surface area contributed by atoms with Gasteiger partial charge in [0.1, 0.15) is 24.8 Å². The van der Waals surface area contributed by atoms with E-state index in [-0.39, 0.29) is 37.4 Å². The summed E-state index contributed by atoms with van der Waals surface area (Å²) in [6, 6.07) is 3.10. The predicted octanol–water partition coefficient (Wildman–Crippen LogP) is 2.21. The van der Waals surface area contributed by atoms with Crippen LogP contribution in [0.1, 0.15) is 40.7 Å². The van der Waals surface area contributed by atoms with E-state index in [1.807, 2.05) is 19.0 Å². The van der Waals surface area contributed by atoms with Gasteiger partial charge in [-0.25, -0.2) is 4.79 Å². The lowest BCUT2D eigenvalue weighted by molar-refractivity contribution is -0.116. The molecule has 0 aliphatic rings. The predicted molar refractivity (Wildman–Crippen MR) is 123 cm³/mol. The van der Waals surface area contributed by atoms with E-state index in [2.05, 4.69) is 10.6 Å². The molecular weight excluding hydrogens is 430 g/mol. The smallest absolute Gasteiger partial charge is 0.355 e. The second-order valence-corrected chi connectivity index (χ2v) is 7.63. The number of ether oxygens (including phenoxy) is 3. The molecule has 33 heavy (non-hydrogen) atoms. The number of carbonyl (C=O) groups is 3. The highest BCUT2D eigenvalue weighted by atomic mass is 16.5. The number of nitrogens with zero attached hydrogens (tertiary/aromatic N) is 3. The van der Waals surface area contributed by atoms with Crippen LogP contribution >= 0.6 is 0 Å². The number of amides is 2. The molecule has 0 bridgehead atoms. The van der Waals surface area contributed by atoms with Gasteiger partial charge in [0.25, 0.3) is 5.91 Å². The first kappa shape index (κ1) is 26.1. The van der Waals surface area contributed by atoms with Gasteiger partial charge >= 0.3 is 5.97 Å². The third-order valence-corrected chi connectivity index (χ3v) is 4.60. The molecule has 0 saturated heterocycles. The van der Waals surface area contributed by atoms with E-state index in [4.69, 9.17) is 14.2 Å². The standard InChI is InChI=1S/C22H33N5O6/c1-6-33-22(30)19-11-17(13-27(19)15-32-5)24-21(29)18-10-16(12-26(18)14-31-4)23-20(28)8-7-9-25(2)3/h10-13H,6-9,14-15H2,1-5H3,(H,23,28)(H,24,29). The van der Waals surface area contributed by atoms with Crippen LogP contribution in [0.4, 0.5) is 11.4 Å². The SMILES string of the molecule is CCOC(=O)c1cc(NC(=O)c2cc(NC(=O)CCCN(C)C)cn2COC)cn1COC. The summed E-state index contributed by atoms with van der Waals surface area (Å²) in [4.78, 5) is 39.4. The Hall–Kier alpha value is -3.15. The van der Waals surface area contributed by atoms with Crippen LogP contribution in [-0.4, -0.2) is 73.3 Å². The van der Waals surface area contributed by atoms with Gasteiger partial charge in [-0.3, -0.25) is 9.59 Å². The van der Waals surface area contributed by atoms with Crippen molar-refractivity contribution in [2.45, 2.75) is 33.2 Å². The number of anilines is 2. The molecule has 0 atom stereocenters. The van der Waals surface area contributed by atoms with Crippen LogP contribution in [-0.2, 0) is 32.5 Å². The minimum Gasteiger partial charge on any atom is -0.461 e. The zero-order valence-electron chi connectivity index (χ0n) is 19.8. The average Bonchev–Trinajstić information content (AvgIpc) is 3.32. The highest BCUT2D eigenvalue weighted by molar-refractivity contribution is 6.05. The second-order valence-electron chi connectivity index (χ2n) is 7.63. The number of hydrogen-bond acceptors (Lipinski definition) is 7. The average molecular weight is 464 g/mol. The fourth-order valence-electron chi connectivity index (χ4n) is 3.19. The molecule has 2 amide bonds. The van der Waals surface area contributed by atoms with Gasteiger partial charge in [-0.2, -0.15) is 0 Å². The summed E-state index contributed by atoms with van der Waals surface area (Å²) < 4.78 is 18.5. The maximum Gasteiger partial charge on any atom is 0.355 e. The van der Waals surface area contributed by atoms with Crippen LogP contribution in [0.2, 0.25) is 0 Å². The summed E-state index contributed by atoms with van der Waals surface area (Å²) in [5.41, 5.74) is 1.44. The Kier molecular flexibility index (Phi) is 10.1. The van der Waals surface area contributed by atoms with E-state index < -0.39 is 11.9 Å². The number of esters is 1. The zero-order chi connectivity index (χ0) is 24.4. The van der Waals surface area contributed by atoms with Crippen molar-refractivity contribution in [3.8, 4) is 0 Å². The molecule has 2 N–H and O–H groups in total. The molecule has 2 aromatic heterocycles. The quantitative estimate of drug-likeness (QED) is 0.438. The molecule has 182 valence electrons. The Morgan fingerprint density at radius 3 is 2.09 bits per heavy atom. The van der Waals surface area contributed by atoms with Crippen molar-refractivity contribution in [1.29, 1.82) is 0 Å². The molecule has 0 aromatic carbocycles. The molecule has 11 nitrogen and oxygen atoms in total. The first-order valence-corrected chi connectivity index (χ1v) is 10.6. The summed E-state index contributed by atoms with van der Waals surface area (Å²) in [6.07, 6.45) is 4.33. The molecule has 0 aliphatic carbocycles. The van der Waals surface area contributed by atoms with E-state index >= 15 is 0 Å². The number of carbonyl (C=O) groups excluding carboxylic acids is 3. The number of methoxy groups -OCH3 is 2. The Balaban J connectivity index is 2.15. The van der Waals surface area contributed by atoms with Gasteiger partial charge in [-0.1, -0.05) is 0 Å². The lowest BCUT2D eigenvalue weighted by Crippen LogP contribution is -2.17. The normalized spacial score (nSPS) is 11.0. The topological polar surface area (TPSA) is 116 Å². The molecule has 0 radical (unpaired) electrons. The van der Waals surface area contributed by atoms with Gasteiger partial charge in [0.15, 0.2) is 0 Å². The van der Waals surface area contributed by atoms with Crippen LogP contribution in [0.15, 0.2) is 24.5 Å². The Bertz CT molecular complexity index is 949. The Labute approximate surface area is 193 Å². The van der Waals surface area contributed by atoms with Crippen LogP contribution in [0, 0.1) is 0 Å². The molecule has 2 rings (SSSR count). The van der Waals surface area contributed by atoms with Crippen LogP contribution < -0.4 is 10.6 Å². The maximum absolute atomic E-state index is 13.0.